The first-order valence-corrected chi connectivity index (χ1v) is 11.1. The number of nitrogens with one attached hydrogen (secondary N) is 2. The molecule has 3 aliphatic carbocycles. The van der Waals surface area contributed by atoms with Gasteiger partial charge in [-0.3, -0.25) is 4.79 Å². The van der Waals surface area contributed by atoms with Crippen molar-refractivity contribution in [2.75, 3.05) is 4.72 Å². The number of fused-ring (bicyclic) bond motifs is 3. The number of rotatable bonds is 5. The van der Waals surface area contributed by atoms with Crippen molar-refractivity contribution in [2.24, 2.45) is 5.41 Å². The number of hydrogen-bond acceptors (Lipinski definition) is 4. The third-order valence-electron chi connectivity index (χ3n) is 6.55. The van der Waals surface area contributed by atoms with Gasteiger partial charge in [0.05, 0.1) is 28.3 Å². The fourth-order valence-electron chi connectivity index (χ4n) is 4.46. The minimum Gasteiger partial charge on any atom is -0.347 e. The van der Waals surface area contributed by atoms with Gasteiger partial charge in [0.15, 0.2) is 0 Å². The molecule has 2 bridgehead atoms. The number of carbonyl (C=O) groups excluding carboxylic acids is 1. The van der Waals surface area contributed by atoms with Crippen molar-refractivity contribution in [1.29, 1.82) is 5.26 Å². The number of benzene rings is 2. The maximum absolute atomic E-state index is 13.3. The molecule has 3 saturated carbocycles. The van der Waals surface area contributed by atoms with E-state index >= 15 is 0 Å². The Morgan fingerprint density at radius 1 is 1.00 bits per heavy atom. The molecule has 4 nitrogen and oxygen atoms in total. The van der Waals surface area contributed by atoms with Crippen LogP contribution < -0.4 is 10.0 Å². The third-order valence-corrected chi connectivity index (χ3v) is 7.38. The van der Waals surface area contributed by atoms with Crippen molar-refractivity contribution in [3.8, 4) is 6.07 Å². The first-order valence-electron chi connectivity index (χ1n) is 10.3. The average Bonchev–Trinajstić information content (AvgIpc) is 2.79. The number of anilines is 1. The Hall–Kier alpha value is -2.73. The highest BCUT2D eigenvalue weighted by atomic mass is 32.2. The molecular weight excluding hydrogens is 442 g/mol. The van der Waals surface area contributed by atoms with Crippen LogP contribution >= 0.6 is 11.9 Å². The smallest absolute Gasteiger partial charge is 0.347 e. The molecule has 0 aromatic heterocycles. The van der Waals surface area contributed by atoms with Crippen LogP contribution in [0.25, 0.3) is 0 Å². The molecule has 3 aliphatic rings. The molecule has 0 spiro atoms. The third kappa shape index (κ3) is 4.56. The van der Waals surface area contributed by atoms with E-state index in [0.29, 0.717) is 43.4 Å². The van der Waals surface area contributed by atoms with Crippen molar-refractivity contribution >= 4 is 23.5 Å². The van der Waals surface area contributed by atoms with Crippen molar-refractivity contribution in [1.82, 2.24) is 5.32 Å². The maximum Gasteiger partial charge on any atom is 0.416 e. The molecule has 0 atom stereocenters. The zero-order valence-corrected chi connectivity index (χ0v) is 17.9. The van der Waals surface area contributed by atoms with Crippen LogP contribution in [0.4, 0.5) is 23.2 Å². The molecule has 2 N–H and O–H groups in total. The first kappa shape index (κ1) is 22.5. The number of nitrogens with zero attached hydrogens (tertiary/aromatic N) is 1. The minimum absolute atomic E-state index is 0.105. The molecule has 9 heteroatoms. The zero-order chi connectivity index (χ0) is 23.0. The minimum atomic E-state index is -4.59. The zero-order valence-electron chi connectivity index (χ0n) is 17.1. The van der Waals surface area contributed by atoms with Crippen LogP contribution in [0.3, 0.4) is 0 Å². The summed E-state index contributed by atoms with van der Waals surface area (Å²) in [4.78, 5) is 13.8. The predicted molar refractivity (Wildman–Crippen MR) is 113 cm³/mol. The molecule has 5 rings (SSSR count). The lowest BCUT2D eigenvalue weighted by Crippen LogP contribution is -2.56. The van der Waals surface area contributed by atoms with Crippen LogP contribution in [0.15, 0.2) is 47.4 Å². The molecule has 3 fully saturated rings. The monoisotopic (exact) mass is 463 g/mol. The highest BCUT2D eigenvalue weighted by molar-refractivity contribution is 8.00. The van der Waals surface area contributed by atoms with Gasteiger partial charge in [-0.2, -0.15) is 18.4 Å². The van der Waals surface area contributed by atoms with E-state index in [4.69, 9.17) is 0 Å². The van der Waals surface area contributed by atoms with Gasteiger partial charge in [-0.1, -0.05) is 0 Å². The van der Waals surface area contributed by atoms with Gasteiger partial charge in [-0.25, -0.2) is 4.39 Å². The topological polar surface area (TPSA) is 64.9 Å². The summed E-state index contributed by atoms with van der Waals surface area (Å²) in [6, 6.07) is 11.0. The molecule has 2 aromatic carbocycles. The van der Waals surface area contributed by atoms with Gasteiger partial charge in [0.1, 0.15) is 5.82 Å². The lowest BCUT2D eigenvalue weighted by molar-refractivity contribution is -0.137. The Kier molecular flexibility index (Phi) is 5.84. The average molecular weight is 464 g/mol. The molecule has 168 valence electrons. The number of carbonyl (C=O) groups is 1. The number of nitriles is 1. The van der Waals surface area contributed by atoms with Crippen LogP contribution in [0.2, 0.25) is 0 Å². The van der Waals surface area contributed by atoms with E-state index in [1.54, 1.807) is 0 Å². The summed E-state index contributed by atoms with van der Waals surface area (Å²) in [6.07, 6.45) is -0.638. The van der Waals surface area contributed by atoms with Crippen molar-refractivity contribution in [2.45, 2.75) is 55.1 Å². The molecule has 0 radical (unpaired) electrons. The van der Waals surface area contributed by atoms with Gasteiger partial charge < -0.3 is 10.0 Å². The lowest BCUT2D eigenvalue weighted by Gasteiger charge is -2.50. The van der Waals surface area contributed by atoms with Crippen molar-refractivity contribution in [3.05, 3.63) is 59.4 Å². The van der Waals surface area contributed by atoms with Crippen molar-refractivity contribution < 1.29 is 22.4 Å². The van der Waals surface area contributed by atoms with E-state index < -0.39 is 29.0 Å². The van der Waals surface area contributed by atoms with Crippen LogP contribution in [-0.4, -0.2) is 11.4 Å². The number of amides is 1. The van der Waals surface area contributed by atoms with Gasteiger partial charge in [-0.15, -0.1) is 0 Å². The van der Waals surface area contributed by atoms with Gasteiger partial charge in [-0.05, 0) is 92.9 Å². The summed E-state index contributed by atoms with van der Waals surface area (Å²) in [6.45, 7) is 0. The fourth-order valence-corrected chi connectivity index (χ4v) is 5.14. The Labute approximate surface area is 187 Å². The summed E-state index contributed by atoms with van der Waals surface area (Å²) in [7, 11) is 0. The Morgan fingerprint density at radius 2 is 1.62 bits per heavy atom. The maximum atomic E-state index is 13.3. The van der Waals surface area contributed by atoms with E-state index in [9.17, 15) is 27.6 Å². The van der Waals surface area contributed by atoms with E-state index in [1.807, 2.05) is 0 Å². The molecule has 1 amide bonds. The second kappa shape index (κ2) is 8.32. The first-order chi connectivity index (χ1) is 15.1. The Morgan fingerprint density at radius 3 is 2.19 bits per heavy atom. The van der Waals surface area contributed by atoms with E-state index in [0.717, 1.165) is 24.1 Å². The second-order valence-electron chi connectivity index (χ2n) is 8.54. The Balaban J connectivity index is 1.57. The summed E-state index contributed by atoms with van der Waals surface area (Å²) in [5, 5.41) is 12.4. The number of alkyl halides is 3. The fraction of sp³-hybridized carbons (Fsp3) is 0.391. The van der Waals surface area contributed by atoms with Gasteiger partial charge in [0, 0.05) is 10.4 Å². The van der Waals surface area contributed by atoms with E-state index in [-0.39, 0.29) is 16.7 Å². The number of halogens is 4. The molecule has 2 aromatic rings. The molecule has 0 unspecified atom stereocenters. The molecule has 0 saturated heterocycles. The molecule has 0 heterocycles. The van der Waals surface area contributed by atoms with E-state index in [2.05, 4.69) is 16.1 Å². The predicted octanol–water partition coefficient (Wildman–Crippen LogP) is 6.31. The van der Waals surface area contributed by atoms with Crippen LogP contribution in [-0.2, 0) is 6.18 Å². The van der Waals surface area contributed by atoms with Crippen molar-refractivity contribution in [3.63, 3.8) is 0 Å². The molecule has 0 aliphatic heterocycles. The molecule has 32 heavy (non-hydrogen) atoms. The van der Waals surface area contributed by atoms with E-state index in [1.165, 1.54) is 30.3 Å². The summed E-state index contributed by atoms with van der Waals surface area (Å²) in [5.74, 6) is -0.978. The standard InChI is InChI=1S/C23H21F4N3OS/c24-16-2-4-17(5-3-16)32-30-19-6-1-15(23(25,26)27)13-18(19)20(31)29-22-10-7-21(14-28,8-11-22)9-12-22/h1-6,13,30H,7-12H2,(H,29,31). The van der Waals surface area contributed by atoms with Gasteiger partial charge >= 0.3 is 6.18 Å². The van der Waals surface area contributed by atoms with Crippen LogP contribution in [0, 0.1) is 22.6 Å². The Bertz CT molecular complexity index is 1040. The summed E-state index contributed by atoms with van der Waals surface area (Å²) >= 11 is 1.07. The second-order valence-corrected chi connectivity index (χ2v) is 9.42. The highest BCUT2D eigenvalue weighted by Gasteiger charge is 2.49. The van der Waals surface area contributed by atoms with Crippen LogP contribution in [0.5, 0.6) is 0 Å². The van der Waals surface area contributed by atoms with Crippen LogP contribution in [0.1, 0.15) is 54.4 Å². The molecular formula is C23H21F4N3OS. The quantitative estimate of drug-likeness (QED) is 0.403. The van der Waals surface area contributed by atoms with Gasteiger partial charge in [0.2, 0.25) is 0 Å². The highest BCUT2D eigenvalue weighted by Crippen LogP contribution is 2.52. The largest absolute Gasteiger partial charge is 0.416 e. The normalized spacial score (nSPS) is 24.6. The van der Waals surface area contributed by atoms with Gasteiger partial charge in [0.25, 0.3) is 5.91 Å². The summed E-state index contributed by atoms with van der Waals surface area (Å²) in [5.41, 5.74) is -1.61. The SMILES string of the molecule is N#CC12CCC(NC(=O)c3cc(C(F)(F)F)ccc3NSc3ccc(F)cc3)(CC1)CC2. The lowest BCUT2D eigenvalue weighted by atomic mass is 9.58. The number of hydrogen-bond donors (Lipinski definition) is 2. The summed E-state index contributed by atoms with van der Waals surface area (Å²) < 4.78 is 56.0.